The highest BCUT2D eigenvalue weighted by molar-refractivity contribution is 5.32. The van der Waals surface area contributed by atoms with E-state index in [1.54, 1.807) is 7.11 Å². The summed E-state index contributed by atoms with van der Waals surface area (Å²) < 4.78 is 5.36. The summed E-state index contributed by atoms with van der Waals surface area (Å²) in [5, 5.41) is 3.43. The van der Waals surface area contributed by atoms with Crippen molar-refractivity contribution < 1.29 is 4.74 Å². The molecule has 0 bridgehead atoms. The van der Waals surface area contributed by atoms with Gasteiger partial charge in [0, 0.05) is 13.7 Å². The molecular formula is C14H21NO. The summed E-state index contributed by atoms with van der Waals surface area (Å²) in [7, 11) is 1.78. The zero-order valence-corrected chi connectivity index (χ0v) is 10.2. The first-order valence-electron chi connectivity index (χ1n) is 6.12. The Labute approximate surface area is 98.0 Å². The van der Waals surface area contributed by atoms with Gasteiger partial charge in [-0.15, -0.1) is 0 Å². The molecule has 2 nitrogen and oxygen atoms in total. The molecule has 0 saturated carbocycles. The van der Waals surface area contributed by atoms with E-state index in [9.17, 15) is 0 Å². The van der Waals surface area contributed by atoms with Gasteiger partial charge in [0.2, 0.25) is 0 Å². The van der Waals surface area contributed by atoms with Crippen LogP contribution in [0.4, 0.5) is 0 Å². The summed E-state index contributed by atoms with van der Waals surface area (Å²) >= 11 is 0. The van der Waals surface area contributed by atoms with Crippen LogP contribution in [0.2, 0.25) is 0 Å². The molecule has 16 heavy (non-hydrogen) atoms. The van der Waals surface area contributed by atoms with Gasteiger partial charge in [0.1, 0.15) is 0 Å². The van der Waals surface area contributed by atoms with Crippen LogP contribution in [0.5, 0.6) is 0 Å². The lowest BCUT2D eigenvalue weighted by Gasteiger charge is -2.17. The molecule has 1 aromatic carbocycles. The van der Waals surface area contributed by atoms with Crippen molar-refractivity contribution in [2.45, 2.75) is 31.8 Å². The molecule has 1 aliphatic heterocycles. The van der Waals surface area contributed by atoms with Crippen molar-refractivity contribution in [3.8, 4) is 0 Å². The Hall–Kier alpha value is -0.860. The van der Waals surface area contributed by atoms with Crippen molar-refractivity contribution in [1.29, 1.82) is 0 Å². The van der Waals surface area contributed by atoms with Gasteiger partial charge in [-0.1, -0.05) is 24.3 Å². The quantitative estimate of drug-likeness (QED) is 0.839. The van der Waals surface area contributed by atoms with Gasteiger partial charge in [-0.2, -0.15) is 0 Å². The van der Waals surface area contributed by atoms with Crippen LogP contribution < -0.4 is 5.32 Å². The molecular weight excluding hydrogens is 198 g/mol. The first-order valence-corrected chi connectivity index (χ1v) is 6.12. The molecule has 88 valence electrons. The summed E-state index contributed by atoms with van der Waals surface area (Å²) in [4.78, 5) is 0. The fourth-order valence-corrected chi connectivity index (χ4v) is 2.43. The number of hydrogen-bond acceptors (Lipinski definition) is 2. The van der Waals surface area contributed by atoms with E-state index in [1.165, 1.54) is 17.5 Å². The van der Waals surface area contributed by atoms with Crippen LogP contribution in [0.25, 0.3) is 0 Å². The SMILES string of the molecule is COC(C)Cc1ccccc1C1CCNC1. The molecule has 2 rings (SSSR count). The second-order valence-corrected chi connectivity index (χ2v) is 4.64. The molecule has 1 aliphatic rings. The third kappa shape index (κ3) is 2.63. The minimum Gasteiger partial charge on any atom is -0.381 e. The normalized spacial score (nSPS) is 22.2. The van der Waals surface area contributed by atoms with Crippen molar-refractivity contribution in [3.05, 3.63) is 35.4 Å². The zero-order valence-electron chi connectivity index (χ0n) is 10.2. The van der Waals surface area contributed by atoms with Gasteiger partial charge in [0.05, 0.1) is 6.10 Å². The van der Waals surface area contributed by atoms with Crippen molar-refractivity contribution in [1.82, 2.24) is 5.32 Å². The summed E-state index contributed by atoms with van der Waals surface area (Å²) in [5.41, 5.74) is 2.96. The molecule has 0 aromatic heterocycles. The molecule has 1 aromatic rings. The lowest BCUT2D eigenvalue weighted by Crippen LogP contribution is -2.13. The second-order valence-electron chi connectivity index (χ2n) is 4.64. The van der Waals surface area contributed by atoms with Crippen LogP contribution in [0.15, 0.2) is 24.3 Å². The Morgan fingerprint density at radius 1 is 1.44 bits per heavy atom. The van der Waals surface area contributed by atoms with Gasteiger partial charge in [-0.05, 0) is 43.4 Å². The van der Waals surface area contributed by atoms with Crippen LogP contribution in [-0.4, -0.2) is 26.3 Å². The third-order valence-corrected chi connectivity index (χ3v) is 3.46. The predicted molar refractivity (Wildman–Crippen MR) is 66.8 cm³/mol. The smallest absolute Gasteiger partial charge is 0.0583 e. The van der Waals surface area contributed by atoms with E-state index >= 15 is 0 Å². The number of nitrogens with one attached hydrogen (secondary N) is 1. The summed E-state index contributed by atoms with van der Waals surface area (Å²) in [5.74, 6) is 0.695. The van der Waals surface area contributed by atoms with Gasteiger partial charge in [-0.25, -0.2) is 0 Å². The molecule has 2 unspecified atom stereocenters. The minimum atomic E-state index is 0.301. The highest BCUT2D eigenvalue weighted by Crippen LogP contribution is 2.26. The maximum absolute atomic E-state index is 5.36. The number of benzene rings is 1. The van der Waals surface area contributed by atoms with E-state index < -0.39 is 0 Å². The van der Waals surface area contributed by atoms with Crippen LogP contribution in [0, 0.1) is 0 Å². The summed E-state index contributed by atoms with van der Waals surface area (Å²) in [6.45, 7) is 4.40. The highest BCUT2D eigenvalue weighted by atomic mass is 16.5. The minimum absolute atomic E-state index is 0.301. The van der Waals surface area contributed by atoms with Crippen LogP contribution in [0.3, 0.4) is 0 Å². The van der Waals surface area contributed by atoms with Gasteiger partial charge in [-0.3, -0.25) is 0 Å². The monoisotopic (exact) mass is 219 g/mol. The zero-order chi connectivity index (χ0) is 11.4. The van der Waals surface area contributed by atoms with Crippen LogP contribution in [0.1, 0.15) is 30.4 Å². The number of ether oxygens (including phenoxy) is 1. The standard InChI is InChI=1S/C14H21NO/c1-11(16-2)9-12-5-3-4-6-14(12)13-7-8-15-10-13/h3-6,11,13,15H,7-10H2,1-2H3. The van der Waals surface area contributed by atoms with E-state index in [0.29, 0.717) is 12.0 Å². The largest absolute Gasteiger partial charge is 0.381 e. The topological polar surface area (TPSA) is 21.3 Å². The predicted octanol–water partition coefficient (Wildman–Crippen LogP) is 2.34. The second kappa shape index (κ2) is 5.46. The fourth-order valence-electron chi connectivity index (χ4n) is 2.43. The first-order chi connectivity index (χ1) is 7.81. The number of rotatable bonds is 4. The Kier molecular flexibility index (Phi) is 3.97. The highest BCUT2D eigenvalue weighted by Gasteiger charge is 2.19. The van der Waals surface area contributed by atoms with E-state index in [2.05, 4.69) is 36.5 Å². The van der Waals surface area contributed by atoms with Gasteiger partial charge >= 0.3 is 0 Å². The Bertz CT molecular complexity index is 331. The average Bonchev–Trinajstić information content (AvgIpc) is 2.83. The number of methoxy groups -OCH3 is 1. The molecule has 0 amide bonds. The van der Waals surface area contributed by atoms with Crippen molar-refractivity contribution in [2.24, 2.45) is 0 Å². The third-order valence-electron chi connectivity index (χ3n) is 3.46. The summed E-state index contributed by atoms with van der Waals surface area (Å²) in [6.07, 6.45) is 2.58. The Morgan fingerprint density at radius 3 is 2.94 bits per heavy atom. The van der Waals surface area contributed by atoms with Crippen LogP contribution >= 0.6 is 0 Å². The van der Waals surface area contributed by atoms with E-state index in [4.69, 9.17) is 4.74 Å². The van der Waals surface area contributed by atoms with Gasteiger partial charge in [0.25, 0.3) is 0 Å². The van der Waals surface area contributed by atoms with E-state index in [-0.39, 0.29) is 0 Å². The maximum Gasteiger partial charge on any atom is 0.0583 e. The van der Waals surface area contributed by atoms with E-state index in [0.717, 1.165) is 19.5 Å². The van der Waals surface area contributed by atoms with E-state index in [1.807, 2.05) is 0 Å². The lowest BCUT2D eigenvalue weighted by atomic mass is 9.91. The molecule has 2 atom stereocenters. The van der Waals surface area contributed by atoms with Crippen molar-refractivity contribution >= 4 is 0 Å². The molecule has 1 heterocycles. The maximum atomic E-state index is 5.36. The molecule has 0 spiro atoms. The van der Waals surface area contributed by atoms with Gasteiger partial charge < -0.3 is 10.1 Å². The number of hydrogen-bond donors (Lipinski definition) is 1. The van der Waals surface area contributed by atoms with Crippen molar-refractivity contribution in [3.63, 3.8) is 0 Å². The Morgan fingerprint density at radius 2 is 2.25 bits per heavy atom. The molecule has 0 aliphatic carbocycles. The molecule has 1 fully saturated rings. The summed E-state index contributed by atoms with van der Waals surface area (Å²) in [6, 6.07) is 8.79. The fraction of sp³-hybridized carbons (Fsp3) is 0.571. The molecule has 2 heteroatoms. The Balaban J connectivity index is 2.16. The van der Waals surface area contributed by atoms with Crippen LogP contribution in [-0.2, 0) is 11.2 Å². The molecule has 1 saturated heterocycles. The van der Waals surface area contributed by atoms with Gasteiger partial charge in [0.15, 0.2) is 0 Å². The lowest BCUT2D eigenvalue weighted by molar-refractivity contribution is 0.118. The molecule has 1 N–H and O–H groups in total. The molecule has 0 radical (unpaired) electrons. The van der Waals surface area contributed by atoms with Crippen molar-refractivity contribution in [2.75, 3.05) is 20.2 Å². The average molecular weight is 219 g/mol. The first kappa shape index (κ1) is 11.6.